The van der Waals surface area contributed by atoms with Gasteiger partial charge in [-0.15, -0.1) is 0 Å². The van der Waals surface area contributed by atoms with Crippen LogP contribution in [0.3, 0.4) is 0 Å². The summed E-state index contributed by atoms with van der Waals surface area (Å²) in [5.74, 6) is -0.592. The summed E-state index contributed by atoms with van der Waals surface area (Å²) in [4.78, 5) is 40.1. The zero-order chi connectivity index (χ0) is 60.7. The fourth-order valence-electron chi connectivity index (χ4n) is 9.44. The largest absolute Gasteiger partial charge is 0.756 e. The number of nitrogens with one attached hydrogen (secondary N) is 1. The molecule has 9 nitrogen and oxygen atoms in total. The molecule has 1 N–H and O–H groups in total. The molecule has 0 aromatic carbocycles. The average molecular weight is 1180 g/mol. The smallest absolute Gasteiger partial charge is 0.306 e. The van der Waals surface area contributed by atoms with Gasteiger partial charge in [-0.05, 0) is 115 Å². The van der Waals surface area contributed by atoms with Crippen LogP contribution in [0.25, 0.3) is 0 Å². The number of unbranched alkanes of at least 4 members (excludes halogenated alkanes) is 29. The first-order valence-electron chi connectivity index (χ1n) is 34.2. The van der Waals surface area contributed by atoms with Crippen molar-refractivity contribution >= 4 is 19.7 Å². The Balaban J connectivity index is 5.13. The van der Waals surface area contributed by atoms with Gasteiger partial charge in [0.2, 0.25) is 5.91 Å². The lowest BCUT2D eigenvalue weighted by Crippen LogP contribution is -2.47. The molecule has 0 aliphatic rings. The average Bonchev–Trinajstić information content (AvgIpc) is 3.51. The van der Waals surface area contributed by atoms with E-state index in [-0.39, 0.29) is 31.3 Å². The number of rotatable bonds is 61. The molecule has 3 unspecified atom stereocenters. The van der Waals surface area contributed by atoms with E-state index in [0.717, 1.165) is 96.3 Å². The Kier molecular flexibility index (Phi) is 59.3. The van der Waals surface area contributed by atoms with Crippen molar-refractivity contribution in [1.29, 1.82) is 0 Å². The third-order valence-electron chi connectivity index (χ3n) is 14.7. The molecule has 0 heterocycles. The topological polar surface area (TPSA) is 114 Å². The van der Waals surface area contributed by atoms with E-state index in [1.807, 2.05) is 33.3 Å². The molecule has 0 saturated heterocycles. The maximum Gasteiger partial charge on any atom is 0.306 e. The van der Waals surface area contributed by atoms with E-state index in [0.29, 0.717) is 17.4 Å². The van der Waals surface area contributed by atoms with E-state index in [4.69, 9.17) is 13.8 Å². The number of esters is 1. The van der Waals surface area contributed by atoms with Crippen LogP contribution in [0.5, 0.6) is 0 Å². The summed E-state index contributed by atoms with van der Waals surface area (Å²) in [5, 5.41) is 3.01. The third kappa shape index (κ3) is 63.0. The van der Waals surface area contributed by atoms with Crippen LogP contribution < -0.4 is 10.2 Å². The number of phosphoric acid groups is 1. The summed E-state index contributed by atoms with van der Waals surface area (Å²) < 4.78 is 30.4. The lowest BCUT2D eigenvalue weighted by atomic mass is 10.0. The standard InChI is InChI=1S/C73H129N2O7P/c1-7-10-13-16-19-22-25-27-29-31-33-35-36-37-38-40-42-44-46-48-51-54-57-60-63-66-73(77)82-71(64-61-58-55-52-49-24-21-18-15-12-9-3)70(69-81-83(78,79)80-68-67-75(4,5)6)74-72(76)65-62-59-56-53-50-47-45-43-41-39-34-32-30-28-26-23-20-17-14-11-8-2/h11,14,19-20,22-23,27-30,34,39,43,45,50,53,61,64,70-71H,7-10,12-13,15-18,21,24-26,31-33,35-38,40-42,44,46-49,51-52,54-60,62-63,65-69H2,1-6H3,(H-,74,76,78,79)/b14-11-,22-19-,23-20-,29-27-,30-28-,39-34-,45-43-,53-50-,64-61+. The number of ether oxygens (including phenoxy) is 1. The van der Waals surface area contributed by atoms with Crippen LogP contribution in [-0.4, -0.2) is 69.4 Å². The van der Waals surface area contributed by atoms with Crippen molar-refractivity contribution in [3.05, 3.63) is 109 Å². The number of carbonyl (C=O) groups excluding carboxylic acids is 2. The van der Waals surface area contributed by atoms with Crippen molar-refractivity contribution in [2.75, 3.05) is 40.9 Å². The van der Waals surface area contributed by atoms with Crippen molar-refractivity contribution in [3.63, 3.8) is 0 Å². The predicted octanol–water partition coefficient (Wildman–Crippen LogP) is 21.0. The molecule has 0 rings (SSSR count). The molecule has 1 amide bonds. The van der Waals surface area contributed by atoms with Crippen LogP contribution in [0.15, 0.2) is 109 Å². The Labute approximate surface area is 512 Å². The van der Waals surface area contributed by atoms with Gasteiger partial charge in [0.15, 0.2) is 0 Å². The molecule has 3 atom stereocenters. The van der Waals surface area contributed by atoms with E-state index >= 15 is 0 Å². The van der Waals surface area contributed by atoms with Gasteiger partial charge >= 0.3 is 5.97 Å². The minimum absolute atomic E-state index is 0.0354. The summed E-state index contributed by atoms with van der Waals surface area (Å²) in [6.45, 7) is 6.67. The van der Waals surface area contributed by atoms with Crippen LogP contribution >= 0.6 is 7.82 Å². The number of carbonyl (C=O) groups is 2. The number of likely N-dealkylation sites (N-methyl/N-ethyl adjacent to an activating group) is 1. The minimum Gasteiger partial charge on any atom is -0.756 e. The fourth-order valence-corrected chi connectivity index (χ4v) is 10.2. The highest BCUT2D eigenvalue weighted by atomic mass is 31.2. The van der Waals surface area contributed by atoms with Gasteiger partial charge < -0.3 is 28.5 Å². The summed E-state index contributed by atoms with van der Waals surface area (Å²) in [6, 6.07) is -0.918. The lowest BCUT2D eigenvalue weighted by molar-refractivity contribution is -0.870. The van der Waals surface area contributed by atoms with Crippen LogP contribution in [0.2, 0.25) is 0 Å². The number of hydrogen-bond acceptors (Lipinski definition) is 7. The molecule has 10 heteroatoms. The van der Waals surface area contributed by atoms with Crippen LogP contribution in [0.4, 0.5) is 0 Å². The van der Waals surface area contributed by atoms with Crippen LogP contribution in [0.1, 0.15) is 290 Å². The van der Waals surface area contributed by atoms with Gasteiger partial charge in [-0.2, -0.15) is 0 Å². The molecule has 0 aromatic rings. The lowest BCUT2D eigenvalue weighted by Gasteiger charge is -2.30. The van der Waals surface area contributed by atoms with E-state index in [9.17, 15) is 19.0 Å². The minimum atomic E-state index is -4.72. The molecular weight excluding hydrogens is 1050 g/mol. The van der Waals surface area contributed by atoms with Crippen LogP contribution in [0, 0.1) is 0 Å². The first-order valence-corrected chi connectivity index (χ1v) is 35.7. The molecule has 0 bridgehead atoms. The maximum absolute atomic E-state index is 13.5. The SMILES string of the molecule is CC/C=C\C/C=C\C/C=C\C/C=C\C/C=C\C/C=C\CCCCC(=O)NC(COP(=O)([O-])OCC[N+](C)(C)C)C(/C=C/CCCCCCCCCCC)OC(=O)CCCCCCCCCCCCCCCCC/C=C\C/C=C\CCCCC. The highest BCUT2D eigenvalue weighted by Crippen LogP contribution is 2.38. The van der Waals surface area contributed by atoms with Crippen LogP contribution in [-0.2, 0) is 27.9 Å². The van der Waals surface area contributed by atoms with Gasteiger partial charge in [0.1, 0.15) is 19.3 Å². The Morgan fingerprint density at radius 2 is 0.771 bits per heavy atom. The number of quaternary nitrogens is 1. The Morgan fingerprint density at radius 3 is 1.19 bits per heavy atom. The zero-order valence-electron chi connectivity index (χ0n) is 54.6. The highest BCUT2D eigenvalue weighted by Gasteiger charge is 2.27. The second-order valence-corrected chi connectivity index (χ2v) is 25.4. The summed E-state index contributed by atoms with van der Waals surface area (Å²) >= 11 is 0. The molecular formula is C73H129N2O7P. The highest BCUT2D eigenvalue weighted by molar-refractivity contribution is 7.45. The molecule has 0 aliphatic carbocycles. The summed E-state index contributed by atoms with van der Waals surface area (Å²) in [5.41, 5.74) is 0. The quantitative estimate of drug-likeness (QED) is 0.0212. The van der Waals surface area contributed by atoms with Gasteiger partial charge in [0, 0.05) is 12.8 Å². The first-order chi connectivity index (χ1) is 40.4. The predicted molar refractivity (Wildman–Crippen MR) is 357 cm³/mol. The number of hydrogen-bond donors (Lipinski definition) is 1. The monoisotopic (exact) mass is 1180 g/mol. The van der Waals surface area contributed by atoms with Crippen molar-refractivity contribution in [2.24, 2.45) is 0 Å². The zero-order valence-corrected chi connectivity index (χ0v) is 55.5. The van der Waals surface area contributed by atoms with Gasteiger partial charge in [-0.1, -0.05) is 272 Å². The van der Waals surface area contributed by atoms with Crippen molar-refractivity contribution < 1.29 is 37.3 Å². The molecule has 0 saturated carbocycles. The maximum atomic E-state index is 13.5. The van der Waals surface area contributed by atoms with E-state index in [2.05, 4.69) is 123 Å². The molecule has 0 fully saturated rings. The molecule has 83 heavy (non-hydrogen) atoms. The summed E-state index contributed by atoms with van der Waals surface area (Å²) in [7, 11) is 1.15. The Hall–Kier alpha value is -3.33. The number of nitrogens with zero attached hydrogens (tertiary/aromatic N) is 1. The third-order valence-corrected chi connectivity index (χ3v) is 15.7. The van der Waals surface area contributed by atoms with E-state index in [1.165, 1.54) is 154 Å². The second kappa shape index (κ2) is 61.7. The Bertz CT molecular complexity index is 1790. The van der Waals surface area contributed by atoms with Gasteiger partial charge in [0.25, 0.3) is 7.82 Å². The van der Waals surface area contributed by atoms with Gasteiger partial charge in [0.05, 0.1) is 33.8 Å². The molecule has 0 radical (unpaired) electrons. The number of allylic oxidation sites excluding steroid dienone is 17. The molecule has 0 spiro atoms. The Morgan fingerprint density at radius 1 is 0.434 bits per heavy atom. The molecule has 0 aliphatic heterocycles. The summed E-state index contributed by atoms with van der Waals surface area (Å²) in [6.07, 6.45) is 85.0. The van der Waals surface area contributed by atoms with Crippen molar-refractivity contribution in [1.82, 2.24) is 5.32 Å². The fraction of sp³-hybridized carbons (Fsp3) is 0.726. The normalized spacial score (nSPS) is 14.3. The van der Waals surface area contributed by atoms with E-state index in [1.54, 1.807) is 0 Å². The second-order valence-electron chi connectivity index (χ2n) is 23.9. The number of phosphoric ester groups is 1. The molecule has 478 valence electrons. The first kappa shape index (κ1) is 79.7. The number of amides is 1. The van der Waals surface area contributed by atoms with E-state index < -0.39 is 26.6 Å². The van der Waals surface area contributed by atoms with Gasteiger partial charge in [-0.25, -0.2) is 0 Å². The van der Waals surface area contributed by atoms with Crippen molar-refractivity contribution in [3.8, 4) is 0 Å². The van der Waals surface area contributed by atoms with Crippen molar-refractivity contribution in [2.45, 2.75) is 303 Å². The van der Waals surface area contributed by atoms with Gasteiger partial charge in [-0.3, -0.25) is 14.2 Å². The molecule has 0 aromatic heterocycles.